The normalized spacial score (nSPS) is 11.4. The lowest BCUT2D eigenvalue weighted by Gasteiger charge is -2.08. The van der Waals surface area contributed by atoms with Gasteiger partial charge < -0.3 is 16.8 Å². The van der Waals surface area contributed by atoms with Crippen LogP contribution in [0.4, 0.5) is 0 Å². The zero-order valence-corrected chi connectivity index (χ0v) is 12.6. The molecule has 4 nitrogen and oxygen atoms in total. The molecule has 0 fully saturated rings. The van der Waals surface area contributed by atoms with Crippen LogP contribution in [0.2, 0.25) is 0 Å². The van der Waals surface area contributed by atoms with Crippen LogP contribution >= 0.6 is 0 Å². The van der Waals surface area contributed by atoms with Crippen molar-refractivity contribution in [1.82, 2.24) is 5.32 Å². The Labute approximate surface area is 126 Å². The fourth-order valence-corrected chi connectivity index (χ4v) is 1.96. The van der Waals surface area contributed by atoms with Crippen molar-refractivity contribution in [3.8, 4) is 0 Å². The predicted octanol–water partition coefficient (Wildman–Crippen LogP) is 2.03. The summed E-state index contributed by atoms with van der Waals surface area (Å²) in [5.74, 6) is -0.0954. The molecule has 1 amide bonds. The fraction of sp³-hybridized carbons (Fsp3) is 0.353. The maximum atomic E-state index is 10.8. The third-order valence-corrected chi connectivity index (χ3v) is 3.21. The van der Waals surface area contributed by atoms with Gasteiger partial charge in [0.05, 0.1) is 6.04 Å². The first kappa shape index (κ1) is 17.1. The van der Waals surface area contributed by atoms with Gasteiger partial charge in [0.15, 0.2) is 0 Å². The zero-order chi connectivity index (χ0) is 15.5. The first-order valence-electron chi connectivity index (χ1n) is 7.30. The second-order valence-electron chi connectivity index (χ2n) is 4.85. The van der Waals surface area contributed by atoms with Gasteiger partial charge >= 0.3 is 0 Å². The molecule has 0 saturated carbocycles. The number of carbonyl (C=O) groups is 1. The van der Waals surface area contributed by atoms with Gasteiger partial charge in [0, 0.05) is 7.05 Å². The van der Waals surface area contributed by atoms with Crippen molar-refractivity contribution < 1.29 is 4.79 Å². The summed E-state index contributed by atoms with van der Waals surface area (Å²) in [6.45, 7) is 0.667. The van der Waals surface area contributed by atoms with Crippen molar-refractivity contribution in [3.05, 3.63) is 48.5 Å². The van der Waals surface area contributed by atoms with Gasteiger partial charge in [0.1, 0.15) is 0 Å². The number of benzene rings is 2. The predicted molar refractivity (Wildman–Crippen MR) is 88.9 cm³/mol. The number of hydrogen-bond donors (Lipinski definition) is 3. The number of carbonyl (C=O) groups excluding carboxylic acids is 1. The first-order valence-corrected chi connectivity index (χ1v) is 7.30. The third kappa shape index (κ3) is 6.38. The van der Waals surface area contributed by atoms with Crippen molar-refractivity contribution in [2.75, 3.05) is 13.6 Å². The van der Waals surface area contributed by atoms with E-state index >= 15 is 0 Å². The van der Waals surface area contributed by atoms with Crippen LogP contribution < -0.4 is 16.8 Å². The van der Waals surface area contributed by atoms with Crippen LogP contribution in [0.25, 0.3) is 10.8 Å². The summed E-state index contributed by atoms with van der Waals surface area (Å²) < 4.78 is 0. The molecule has 0 aromatic heterocycles. The standard InChI is InChI=1S/C10H8.C7H17N3O/c1-2-6-10-8-4-3-7-9(10)5-1;1-10-7(11)6(9)4-2-3-5-8/h1-8H;6H,2-5,8-9H2,1H3,(H,10,11)/t;6-/m.0/s1. The van der Waals surface area contributed by atoms with E-state index in [0.717, 1.165) is 19.3 Å². The fourth-order valence-electron chi connectivity index (χ4n) is 1.96. The first-order chi connectivity index (χ1) is 10.2. The molecule has 0 aliphatic rings. The second kappa shape index (κ2) is 9.91. The van der Waals surface area contributed by atoms with Crippen LogP contribution in [-0.4, -0.2) is 25.5 Å². The van der Waals surface area contributed by atoms with E-state index in [1.165, 1.54) is 10.8 Å². The van der Waals surface area contributed by atoms with Crippen LogP contribution in [-0.2, 0) is 4.79 Å². The van der Waals surface area contributed by atoms with Gasteiger partial charge in [-0.2, -0.15) is 0 Å². The molecule has 1 atom stereocenters. The Bertz CT molecular complexity index is 477. The minimum absolute atomic E-state index is 0.0954. The summed E-state index contributed by atoms with van der Waals surface area (Å²) in [6, 6.07) is 16.3. The number of fused-ring (bicyclic) bond motifs is 1. The number of hydrogen-bond acceptors (Lipinski definition) is 3. The van der Waals surface area contributed by atoms with Gasteiger partial charge in [-0.1, -0.05) is 55.0 Å². The molecule has 5 N–H and O–H groups in total. The highest BCUT2D eigenvalue weighted by atomic mass is 16.2. The molecule has 2 aromatic rings. The van der Waals surface area contributed by atoms with Crippen molar-refractivity contribution >= 4 is 16.7 Å². The average Bonchev–Trinajstić information content (AvgIpc) is 2.55. The highest BCUT2D eigenvalue weighted by Gasteiger charge is 2.09. The summed E-state index contributed by atoms with van der Waals surface area (Å²) >= 11 is 0. The minimum Gasteiger partial charge on any atom is -0.358 e. The molecule has 0 radical (unpaired) electrons. The minimum atomic E-state index is -0.369. The largest absolute Gasteiger partial charge is 0.358 e. The van der Waals surface area contributed by atoms with Crippen molar-refractivity contribution in [2.45, 2.75) is 25.3 Å². The molecule has 2 aromatic carbocycles. The van der Waals surface area contributed by atoms with E-state index in [1.54, 1.807) is 7.05 Å². The number of rotatable bonds is 5. The summed E-state index contributed by atoms with van der Waals surface area (Å²) in [5, 5.41) is 5.12. The number of nitrogens with one attached hydrogen (secondary N) is 1. The van der Waals surface area contributed by atoms with Gasteiger partial charge in [-0.15, -0.1) is 0 Å². The molecular weight excluding hydrogens is 262 g/mol. The summed E-state index contributed by atoms with van der Waals surface area (Å²) in [6.07, 6.45) is 2.58. The van der Waals surface area contributed by atoms with Crippen LogP contribution in [0.15, 0.2) is 48.5 Å². The van der Waals surface area contributed by atoms with E-state index in [9.17, 15) is 4.79 Å². The SMILES string of the molecule is CNC(=O)[C@@H](N)CCCCN.c1ccc2ccccc2c1. The average molecular weight is 287 g/mol. The molecule has 2 rings (SSSR count). The van der Waals surface area contributed by atoms with E-state index in [1.807, 2.05) is 0 Å². The van der Waals surface area contributed by atoms with E-state index in [0.29, 0.717) is 6.54 Å². The molecule has 0 heterocycles. The highest BCUT2D eigenvalue weighted by Crippen LogP contribution is 2.11. The molecule has 21 heavy (non-hydrogen) atoms. The van der Waals surface area contributed by atoms with Gasteiger partial charge in [0.2, 0.25) is 5.91 Å². The van der Waals surface area contributed by atoms with Crippen molar-refractivity contribution in [2.24, 2.45) is 11.5 Å². The van der Waals surface area contributed by atoms with E-state index in [-0.39, 0.29) is 11.9 Å². The molecule has 0 spiro atoms. The van der Waals surface area contributed by atoms with Crippen molar-refractivity contribution in [3.63, 3.8) is 0 Å². The van der Waals surface area contributed by atoms with Gasteiger partial charge in [-0.25, -0.2) is 0 Å². The lowest BCUT2D eigenvalue weighted by atomic mass is 10.1. The Balaban J connectivity index is 0.000000210. The number of unbranched alkanes of at least 4 members (excludes halogenated alkanes) is 1. The summed E-state index contributed by atoms with van der Waals surface area (Å²) in [7, 11) is 1.59. The Kier molecular flexibility index (Phi) is 8.09. The third-order valence-electron chi connectivity index (χ3n) is 3.21. The van der Waals surface area contributed by atoms with Crippen LogP contribution in [0.3, 0.4) is 0 Å². The molecule has 4 heteroatoms. The Hall–Kier alpha value is -1.91. The summed E-state index contributed by atoms with van der Waals surface area (Å²) in [5.41, 5.74) is 10.8. The van der Waals surface area contributed by atoms with E-state index in [4.69, 9.17) is 11.5 Å². The van der Waals surface area contributed by atoms with Crippen molar-refractivity contribution in [1.29, 1.82) is 0 Å². The zero-order valence-electron chi connectivity index (χ0n) is 12.6. The molecule has 114 valence electrons. The maximum Gasteiger partial charge on any atom is 0.236 e. The molecule has 0 aliphatic heterocycles. The molecule has 0 bridgehead atoms. The number of nitrogens with two attached hydrogens (primary N) is 2. The van der Waals surface area contributed by atoms with Crippen LogP contribution in [0.1, 0.15) is 19.3 Å². The van der Waals surface area contributed by atoms with Crippen LogP contribution in [0.5, 0.6) is 0 Å². The molecule has 0 saturated heterocycles. The van der Waals surface area contributed by atoms with Gasteiger partial charge in [-0.05, 0) is 30.2 Å². The smallest absolute Gasteiger partial charge is 0.236 e. The quantitative estimate of drug-likeness (QED) is 0.736. The van der Waals surface area contributed by atoms with E-state index in [2.05, 4.69) is 53.8 Å². The maximum absolute atomic E-state index is 10.8. The Morgan fingerprint density at radius 3 is 1.90 bits per heavy atom. The lowest BCUT2D eigenvalue weighted by Crippen LogP contribution is -2.38. The number of likely N-dealkylation sites (N-methyl/N-ethyl adjacent to an activating group) is 1. The Morgan fingerprint density at radius 1 is 1.05 bits per heavy atom. The topological polar surface area (TPSA) is 81.1 Å². The van der Waals surface area contributed by atoms with E-state index < -0.39 is 0 Å². The molecule has 0 unspecified atom stereocenters. The number of amides is 1. The monoisotopic (exact) mass is 287 g/mol. The molecular formula is C17H25N3O. The molecule has 0 aliphatic carbocycles. The van der Waals surface area contributed by atoms with Gasteiger partial charge in [0.25, 0.3) is 0 Å². The van der Waals surface area contributed by atoms with Crippen LogP contribution in [0, 0.1) is 0 Å². The second-order valence-corrected chi connectivity index (χ2v) is 4.85. The summed E-state index contributed by atoms with van der Waals surface area (Å²) in [4.78, 5) is 10.8. The highest BCUT2D eigenvalue weighted by molar-refractivity contribution is 5.82. The Morgan fingerprint density at radius 2 is 1.52 bits per heavy atom. The van der Waals surface area contributed by atoms with Gasteiger partial charge in [-0.3, -0.25) is 4.79 Å². The lowest BCUT2D eigenvalue weighted by molar-refractivity contribution is -0.122.